The molecule has 0 aromatic heterocycles. The molecule has 2 heteroatoms. The quantitative estimate of drug-likeness (QED) is 0.622. The van der Waals surface area contributed by atoms with Gasteiger partial charge in [-0.1, -0.05) is 30.7 Å². The molecule has 1 rings (SSSR count). The summed E-state index contributed by atoms with van der Waals surface area (Å²) < 4.78 is 0. The Balaban J connectivity index is 2.77. The van der Waals surface area contributed by atoms with E-state index in [1.165, 1.54) is 0 Å². The molecule has 1 aliphatic rings. The third kappa shape index (κ3) is 1.70. The van der Waals surface area contributed by atoms with Crippen molar-refractivity contribution in [3.63, 3.8) is 0 Å². The molecule has 0 amide bonds. The molecule has 0 aliphatic heterocycles. The molecule has 0 radical (unpaired) electrons. The van der Waals surface area contributed by atoms with Gasteiger partial charge < -0.3 is 5.11 Å². The molecule has 60 valence electrons. The lowest BCUT2D eigenvalue weighted by molar-refractivity contribution is -0.141. The lowest BCUT2D eigenvalue weighted by atomic mass is 9.88. The van der Waals surface area contributed by atoms with E-state index in [0.717, 1.165) is 5.57 Å². The molecule has 1 aliphatic carbocycles. The van der Waals surface area contributed by atoms with Crippen molar-refractivity contribution in [3.8, 4) is 0 Å². The molecule has 0 saturated carbocycles. The van der Waals surface area contributed by atoms with Crippen LogP contribution >= 0.6 is 0 Å². The van der Waals surface area contributed by atoms with Crippen LogP contribution in [0.3, 0.4) is 0 Å². The Kier molecular flexibility index (Phi) is 2.13. The molecule has 2 atom stereocenters. The van der Waals surface area contributed by atoms with Crippen molar-refractivity contribution in [2.45, 2.75) is 13.8 Å². The van der Waals surface area contributed by atoms with Gasteiger partial charge in [0.15, 0.2) is 0 Å². The summed E-state index contributed by atoms with van der Waals surface area (Å²) in [7, 11) is 0. The molecule has 0 heterocycles. The number of aliphatic carboxylic acids is 1. The first-order chi connectivity index (χ1) is 5.11. The minimum absolute atomic E-state index is 0.123. The third-order valence-electron chi connectivity index (χ3n) is 1.94. The van der Waals surface area contributed by atoms with Crippen LogP contribution in [0.5, 0.6) is 0 Å². The first-order valence-corrected chi connectivity index (χ1v) is 3.70. The summed E-state index contributed by atoms with van der Waals surface area (Å²) >= 11 is 0. The summed E-state index contributed by atoms with van der Waals surface area (Å²) in [6, 6.07) is 0. The second-order valence-electron chi connectivity index (χ2n) is 2.99. The van der Waals surface area contributed by atoms with Gasteiger partial charge in [0.2, 0.25) is 0 Å². The van der Waals surface area contributed by atoms with Crippen LogP contribution in [0.2, 0.25) is 0 Å². The lowest BCUT2D eigenvalue weighted by Crippen LogP contribution is -2.19. The highest BCUT2D eigenvalue weighted by Crippen LogP contribution is 2.22. The maximum absolute atomic E-state index is 10.6. The lowest BCUT2D eigenvalue weighted by Gasteiger charge is -2.17. The Labute approximate surface area is 66.2 Å². The molecule has 2 unspecified atom stereocenters. The van der Waals surface area contributed by atoms with Crippen LogP contribution in [0.15, 0.2) is 23.8 Å². The Hall–Kier alpha value is -1.05. The fourth-order valence-corrected chi connectivity index (χ4v) is 1.31. The highest BCUT2D eigenvalue weighted by molar-refractivity contribution is 5.73. The largest absolute Gasteiger partial charge is 0.481 e. The van der Waals surface area contributed by atoms with E-state index >= 15 is 0 Å². The van der Waals surface area contributed by atoms with E-state index in [-0.39, 0.29) is 11.8 Å². The summed E-state index contributed by atoms with van der Waals surface area (Å²) in [6.45, 7) is 3.90. The molecular weight excluding hydrogens is 140 g/mol. The number of carboxylic acids is 1. The molecule has 2 nitrogen and oxygen atoms in total. The highest BCUT2D eigenvalue weighted by Gasteiger charge is 2.21. The van der Waals surface area contributed by atoms with E-state index in [4.69, 9.17) is 5.11 Å². The Morgan fingerprint density at radius 2 is 2.27 bits per heavy atom. The van der Waals surface area contributed by atoms with Gasteiger partial charge in [-0.3, -0.25) is 4.79 Å². The number of hydrogen-bond acceptors (Lipinski definition) is 1. The van der Waals surface area contributed by atoms with Gasteiger partial charge in [-0.05, 0) is 12.8 Å². The SMILES string of the molecule is CC1=CC(C)C(C(=O)O)C=C1. The van der Waals surface area contributed by atoms with Crippen LogP contribution < -0.4 is 0 Å². The minimum Gasteiger partial charge on any atom is -0.481 e. The molecular formula is C9H12O2. The summed E-state index contributed by atoms with van der Waals surface area (Å²) in [5, 5.41) is 8.71. The highest BCUT2D eigenvalue weighted by atomic mass is 16.4. The average Bonchev–Trinajstić information content (AvgIpc) is 1.85. The van der Waals surface area contributed by atoms with Crippen molar-refractivity contribution in [1.29, 1.82) is 0 Å². The molecule has 0 bridgehead atoms. The van der Waals surface area contributed by atoms with Gasteiger partial charge in [-0.2, -0.15) is 0 Å². The topological polar surface area (TPSA) is 37.3 Å². The maximum Gasteiger partial charge on any atom is 0.310 e. The van der Waals surface area contributed by atoms with Crippen LogP contribution in [0.4, 0.5) is 0 Å². The van der Waals surface area contributed by atoms with Crippen LogP contribution in [0.1, 0.15) is 13.8 Å². The fraction of sp³-hybridized carbons (Fsp3) is 0.444. The van der Waals surface area contributed by atoms with Gasteiger partial charge in [0.1, 0.15) is 0 Å². The first kappa shape index (κ1) is 8.05. The van der Waals surface area contributed by atoms with Crippen molar-refractivity contribution in [3.05, 3.63) is 23.8 Å². The second-order valence-corrected chi connectivity index (χ2v) is 2.99. The zero-order valence-electron chi connectivity index (χ0n) is 6.74. The predicted molar refractivity (Wildman–Crippen MR) is 43.2 cm³/mol. The Bertz CT molecular complexity index is 226. The van der Waals surface area contributed by atoms with Gasteiger partial charge in [0, 0.05) is 0 Å². The number of hydrogen-bond donors (Lipinski definition) is 1. The number of allylic oxidation sites excluding steroid dienone is 3. The average molecular weight is 152 g/mol. The monoisotopic (exact) mass is 152 g/mol. The molecule has 11 heavy (non-hydrogen) atoms. The van der Waals surface area contributed by atoms with E-state index in [9.17, 15) is 4.79 Å². The smallest absolute Gasteiger partial charge is 0.310 e. The van der Waals surface area contributed by atoms with Gasteiger partial charge in [0.05, 0.1) is 5.92 Å². The van der Waals surface area contributed by atoms with Crippen LogP contribution in [0.25, 0.3) is 0 Å². The number of carboxylic acid groups (broad SMARTS) is 1. The molecule has 1 N–H and O–H groups in total. The van der Waals surface area contributed by atoms with E-state index in [1.807, 2.05) is 26.0 Å². The van der Waals surface area contributed by atoms with Gasteiger partial charge >= 0.3 is 5.97 Å². The Morgan fingerprint density at radius 1 is 1.64 bits per heavy atom. The van der Waals surface area contributed by atoms with Crippen molar-refractivity contribution >= 4 is 5.97 Å². The summed E-state index contributed by atoms with van der Waals surface area (Å²) in [6.07, 6.45) is 5.60. The van der Waals surface area contributed by atoms with Crippen LogP contribution in [0, 0.1) is 11.8 Å². The van der Waals surface area contributed by atoms with Crippen molar-refractivity contribution in [2.24, 2.45) is 11.8 Å². The van der Waals surface area contributed by atoms with Crippen LogP contribution in [-0.4, -0.2) is 11.1 Å². The van der Waals surface area contributed by atoms with E-state index in [0.29, 0.717) is 0 Å². The van der Waals surface area contributed by atoms with E-state index < -0.39 is 5.97 Å². The van der Waals surface area contributed by atoms with E-state index in [1.54, 1.807) is 6.08 Å². The molecule has 0 spiro atoms. The minimum atomic E-state index is -0.738. The first-order valence-electron chi connectivity index (χ1n) is 3.70. The predicted octanol–water partition coefficient (Wildman–Crippen LogP) is 1.84. The maximum atomic E-state index is 10.6. The van der Waals surface area contributed by atoms with Crippen molar-refractivity contribution in [2.75, 3.05) is 0 Å². The van der Waals surface area contributed by atoms with Crippen molar-refractivity contribution in [1.82, 2.24) is 0 Å². The van der Waals surface area contributed by atoms with Gasteiger partial charge in [-0.15, -0.1) is 0 Å². The normalized spacial score (nSPS) is 29.8. The third-order valence-corrected chi connectivity index (χ3v) is 1.94. The summed E-state index contributed by atoms with van der Waals surface area (Å²) in [5.41, 5.74) is 1.15. The number of carbonyl (C=O) groups is 1. The summed E-state index contributed by atoms with van der Waals surface area (Å²) in [4.78, 5) is 10.6. The Morgan fingerprint density at radius 3 is 2.73 bits per heavy atom. The molecule has 0 aromatic carbocycles. The van der Waals surface area contributed by atoms with E-state index in [2.05, 4.69) is 0 Å². The van der Waals surface area contributed by atoms with Gasteiger partial charge in [-0.25, -0.2) is 0 Å². The standard InChI is InChI=1S/C9H12O2/c1-6-3-4-8(9(10)11)7(2)5-6/h3-5,7-8H,1-2H3,(H,10,11). The number of rotatable bonds is 1. The fourth-order valence-electron chi connectivity index (χ4n) is 1.31. The zero-order valence-corrected chi connectivity index (χ0v) is 6.74. The summed E-state index contributed by atoms with van der Waals surface area (Å²) in [5.74, 6) is -0.950. The van der Waals surface area contributed by atoms with Crippen LogP contribution in [-0.2, 0) is 4.79 Å². The van der Waals surface area contributed by atoms with Crippen molar-refractivity contribution < 1.29 is 9.90 Å². The molecule has 0 aromatic rings. The molecule has 0 fully saturated rings. The second kappa shape index (κ2) is 2.91. The molecule has 0 saturated heterocycles. The zero-order chi connectivity index (χ0) is 8.43. The van der Waals surface area contributed by atoms with Gasteiger partial charge in [0.25, 0.3) is 0 Å².